The van der Waals surface area contributed by atoms with Crippen molar-refractivity contribution in [1.29, 1.82) is 0 Å². The highest BCUT2D eigenvalue weighted by Gasteiger charge is 2.38. The summed E-state index contributed by atoms with van der Waals surface area (Å²) in [6, 6.07) is 37.0. The summed E-state index contributed by atoms with van der Waals surface area (Å²) in [5.41, 5.74) is 5.38. The maximum absolute atomic E-state index is 10.8. The van der Waals surface area contributed by atoms with Gasteiger partial charge in [-0.15, -0.1) is 0 Å². The highest BCUT2D eigenvalue weighted by Crippen LogP contribution is 2.29. The molecule has 1 heterocycles. The average molecular weight is 507 g/mol. The summed E-state index contributed by atoms with van der Waals surface area (Å²) in [6.07, 6.45) is 0.518. The van der Waals surface area contributed by atoms with Gasteiger partial charge in [-0.05, 0) is 28.3 Å². The van der Waals surface area contributed by atoms with E-state index in [4.69, 9.17) is 14.1 Å². The lowest BCUT2D eigenvalue weighted by atomic mass is 9.78. The number of benzene rings is 4. The van der Waals surface area contributed by atoms with Crippen molar-refractivity contribution in [2.45, 2.75) is 32.2 Å². The minimum absolute atomic E-state index is 0.245. The van der Waals surface area contributed by atoms with E-state index in [9.17, 15) is 5.02 Å². The lowest BCUT2D eigenvalue weighted by Crippen LogP contribution is -2.30. The van der Waals surface area contributed by atoms with Crippen LogP contribution in [0.2, 0.25) is 0 Å². The van der Waals surface area contributed by atoms with Crippen LogP contribution in [0.5, 0.6) is 5.75 Å². The summed E-state index contributed by atoms with van der Waals surface area (Å²) in [5.74, 6) is 0.679. The molecule has 0 saturated carbocycles. The molecule has 5 rings (SSSR count). The molecule has 0 fully saturated rings. The van der Waals surface area contributed by atoms with Gasteiger partial charge in [0.2, 0.25) is 0 Å². The molecule has 5 nitrogen and oxygen atoms in total. The Balaban J connectivity index is 1.20. The van der Waals surface area contributed by atoms with Crippen molar-refractivity contribution in [2.75, 3.05) is 19.8 Å². The summed E-state index contributed by atoms with van der Waals surface area (Å²) >= 11 is 0. The summed E-state index contributed by atoms with van der Waals surface area (Å²) in [6.45, 7) is 3.96. The van der Waals surface area contributed by atoms with Gasteiger partial charge in [0, 0.05) is 31.5 Å². The van der Waals surface area contributed by atoms with E-state index in [1.54, 1.807) is 0 Å². The second kappa shape index (κ2) is 13.4. The molecule has 4 aromatic rings. The number of ether oxygens (including phenoxy) is 2. The van der Waals surface area contributed by atoms with E-state index in [1.165, 1.54) is 11.1 Å². The van der Waals surface area contributed by atoms with Crippen molar-refractivity contribution >= 4 is 12.6 Å². The van der Waals surface area contributed by atoms with E-state index in [1.807, 2.05) is 48.5 Å². The molecule has 0 amide bonds. The van der Waals surface area contributed by atoms with E-state index >= 15 is 0 Å². The van der Waals surface area contributed by atoms with Crippen molar-refractivity contribution in [3.8, 4) is 5.75 Å². The second-order valence-electron chi connectivity index (χ2n) is 9.62. The van der Waals surface area contributed by atoms with E-state index in [0.29, 0.717) is 32.1 Å². The molecule has 0 aliphatic carbocycles. The Morgan fingerprint density at radius 3 is 1.95 bits per heavy atom. The normalized spacial score (nSPS) is 14.6. The summed E-state index contributed by atoms with van der Waals surface area (Å²) in [7, 11) is -1.00. The van der Waals surface area contributed by atoms with Gasteiger partial charge in [0.25, 0.3) is 0 Å². The predicted molar refractivity (Wildman–Crippen MR) is 151 cm³/mol. The molecule has 0 spiro atoms. The van der Waals surface area contributed by atoms with E-state index in [-0.39, 0.29) is 6.10 Å². The Morgan fingerprint density at radius 1 is 0.711 bits per heavy atom. The van der Waals surface area contributed by atoms with Crippen LogP contribution in [-0.2, 0) is 29.1 Å². The third-order valence-corrected chi connectivity index (χ3v) is 6.71. The Hall–Kier alpha value is -3.42. The fourth-order valence-electron chi connectivity index (χ4n) is 4.88. The topological polar surface area (TPSA) is 51.2 Å². The molecule has 0 bridgehead atoms. The second-order valence-corrected chi connectivity index (χ2v) is 9.62. The third-order valence-electron chi connectivity index (χ3n) is 6.71. The fraction of sp³-hybridized carbons (Fsp3) is 0.250. The molecule has 4 aromatic carbocycles. The summed E-state index contributed by atoms with van der Waals surface area (Å²) < 4.78 is 17.9. The van der Waals surface area contributed by atoms with Crippen LogP contribution in [0.3, 0.4) is 0 Å². The largest absolute Gasteiger partial charge is 0.495 e. The molecule has 0 aromatic heterocycles. The number of hydrogen-bond donors (Lipinski definition) is 1. The number of fused-ring (bicyclic) bond motifs is 1. The van der Waals surface area contributed by atoms with Crippen LogP contribution in [0.1, 0.15) is 34.8 Å². The van der Waals surface area contributed by atoms with Gasteiger partial charge in [-0.2, -0.15) is 0 Å². The van der Waals surface area contributed by atoms with Crippen LogP contribution in [0, 0.1) is 0 Å². The van der Waals surface area contributed by atoms with Gasteiger partial charge < -0.3 is 19.2 Å². The summed E-state index contributed by atoms with van der Waals surface area (Å²) in [4.78, 5) is 2.37. The lowest BCUT2D eigenvalue weighted by Gasteiger charge is -2.26. The molecule has 38 heavy (non-hydrogen) atoms. The molecule has 0 radical (unpaired) electrons. The third kappa shape index (κ3) is 7.12. The number of rotatable bonds is 13. The maximum Gasteiger partial charge on any atom is 0.495 e. The standard InChI is InChI=1S/C32H34BNO4/c35-33-32-29(18-10-19-30(32)37-21-11-20-36-25-28-16-8-3-9-17-28)31(38-33)24-34(22-26-12-4-1-5-13-26)23-27-14-6-2-7-15-27/h1-10,12-19,31,35H,11,20-25H2/t31-/m1/s1. The molecule has 194 valence electrons. The zero-order valence-electron chi connectivity index (χ0n) is 21.6. The van der Waals surface area contributed by atoms with Crippen LogP contribution in [0.25, 0.3) is 0 Å². The highest BCUT2D eigenvalue weighted by atomic mass is 16.5. The van der Waals surface area contributed by atoms with Crippen molar-refractivity contribution in [3.05, 3.63) is 131 Å². The van der Waals surface area contributed by atoms with E-state index < -0.39 is 7.12 Å². The molecule has 0 saturated heterocycles. The molecule has 6 heteroatoms. The van der Waals surface area contributed by atoms with Crippen LogP contribution in [-0.4, -0.2) is 36.8 Å². The monoisotopic (exact) mass is 507 g/mol. The molecular weight excluding hydrogens is 473 g/mol. The van der Waals surface area contributed by atoms with E-state index in [2.05, 4.69) is 65.6 Å². The molecule has 1 N–H and O–H groups in total. The number of hydrogen-bond acceptors (Lipinski definition) is 5. The van der Waals surface area contributed by atoms with Gasteiger partial charge in [0.1, 0.15) is 5.75 Å². The van der Waals surface area contributed by atoms with Gasteiger partial charge in [0.05, 0.1) is 25.9 Å². The van der Waals surface area contributed by atoms with Crippen molar-refractivity contribution in [3.63, 3.8) is 0 Å². The van der Waals surface area contributed by atoms with Crippen molar-refractivity contribution < 1.29 is 19.2 Å². The first-order valence-electron chi connectivity index (χ1n) is 13.3. The van der Waals surface area contributed by atoms with Gasteiger partial charge in [-0.1, -0.05) is 103 Å². The van der Waals surface area contributed by atoms with Crippen LogP contribution < -0.4 is 10.2 Å². The van der Waals surface area contributed by atoms with E-state index in [0.717, 1.165) is 36.1 Å². The predicted octanol–water partition coefficient (Wildman–Crippen LogP) is 5.13. The molecule has 1 aliphatic heterocycles. The Kier molecular flexibility index (Phi) is 9.24. The van der Waals surface area contributed by atoms with Gasteiger partial charge in [-0.3, -0.25) is 4.90 Å². The highest BCUT2D eigenvalue weighted by molar-refractivity contribution is 6.62. The maximum atomic E-state index is 10.8. The first kappa shape index (κ1) is 26.2. The zero-order chi connectivity index (χ0) is 26.0. The van der Waals surface area contributed by atoms with Crippen molar-refractivity contribution in [1.82, 2.24) is 4.90 Å². The average Bonchev–Trinajstić information content (AvgIpc) is 3.27. The number of nitrogens with zero attached hydrogens (tertiary/aromatic N) is 1. The van der Waals surface area contributed by atoms with Gasteiger partial charge in [0.15, 0.2) is 0 Å². The minimum Gasteiger partial charge on any atom is -0.494 e. The molecule has 1 atom stereocenters. The Bertz CT molecular complexity index is 1210. The van der Waals surface area contributed by atoms with Gasteiger partial charge in [-0.25, -0.2) is 0 Å². The molecule has 0 unspecified atom stereocenters. The van der Waals surface area contributed by atoms with Crippen molar-refractivity contribution in [2.24, 2.45) is 0 Å². The summed E-state index contributed by atoms with van der Waals surface area (Å²) in [5, 5.41) is 10.8. The molecular formula is C32H34BNO4. The zero-order valence-corrected chi connectivity index (χ0v) is 21.6. The lowest BCUT2D eigenvalue weighted by molar-refractivity contribution is 0.107. The van der Waals surface area contributed by atoms with Crippen LogP contribution >= 0.6 is 0 Å². The fourth-order valence-corrected chi connectivity index (χ4v) is 4.88. The quantitative estimate of drug-likeness (QED) is 0.201. The smallest absolute Gasteiger partial charge is 0.494 e. The Morgan fingerprint density at radius 2 is 1.32 bits per heavy atom. The Labute approximate surface area is 225 Å². The first-order chi connectivity index (χ1) is 18.8. The SMILES string of the molecule is OB1O[C@H](CN(Cc2ccccc2)Cc2ccccc2)c2cccc(OCCCOCc3ccccc3)c21. The van der Waals surface area contributed by atoms with Crippen LogP contribution in [0.4, 0.5) is 0 Å². The minimum atomic E-state index is -1.00. The van der Waals surface area contributed by atoms with Crippen LogP contribution in [0.15, 0.2) is 109 Å². The first-order valence-corrected chi connectivity index (χ1v) is 13.3. The van der Waals surface area contributed by atoms with Gasteiger partial charge >= 0.3 is 7.12 Å². The molecule has 1 aliphatic rings.